The predicted molar refractivity (Wildman–Crippen MR) is 99.0 cm³/mol. The summed E-state index contributed by atoms with van der Waals surface area (Å²) in [6.45, 7) is 0.498. The van der Waals surface area contributed by atoms with Gasteiger partial charge in [0.15, 0.2) is 0 Å². The summed E-state index contributed by atoms with van der Waals surface area (Å²) in [5.41, 5.74) is 2.80. The topological polar surface area (TPSA) is 62.0 Å². The van der Waals surface area contributed by atoms with Gasteiger partial charge in [0.2, 0.25) is 0 Å². The average Bonchev–Trinajstić information content (AvgIpc) is 3.05. The number of benzene rings is 2. The number of amides is 1. The molecule has 0 bridgehead atoms. The van der Waals surface area contributed by atoms with Crippen molar-refractivity contribution in [2.45, 2.75) is 25.2 Å². The molecule has 2 aromatic carbocycles. The lowest BCUT2D eigenvalue weighted by Crippen LogP contribution is -2.30. The molecule has 1 aromatic heterocycles. The predicted octanol–water partition coefficient (Wildman–Crippen LogP) is 3.52. The largest absolute Gasteiger partial charge is 0.352 e. The van der Waals surface area contributed by atoms with Gasteiger partial charge in [-0.3, -0.25) is 9.59 Å². The van der Waals surface area contributed by atoms with Crippen molar-refractivity contribution in [2.24, 2.45) is 0 Å². The first kappa shape index (κ1) is 16.5. The minimum absolute atomic E-state index is 0.00919. The standard InChI is InChI=1S/C21H19FN2O2/c22-16-7-8-19-15(11-16)12-18(21(26)24-19)20(25)23-10-9-14-6-5-13-3-1-2-4-17(13)14/h1-4,7-8,11-12,14H,5-6,9-10H2,(H,23,25)(H,24,26). The number of nitrogens with one attached hydrogen (secondary N) is 2. The summed E-state index contributed by atoms with van der Waals surface area (Å²) < 4.78 is 13.4. The zero-order chi connectivity index (χ0) is 18.1. The highest BCUT2D eigenvalue weighted by molar-refractivity contribution is 5.97. The molecule has 132 valence electrons. The summed E-state index contributed by atoms with van der Waals surface area (Å²) in [4.78, 5) is 27.1. The Morgan fingerprint density at radius 1 is 1.19 bits per heavy atom. The van der Waals surface area contributed by atoms with Crippen molar-refractivity contribution >= 4 is 16.8 Å². The Morgan fingerprint density at radius 3 is 2.92 bits per heavy atom. The molecule has 4 nitrogen and oxygen atoms in total. The lowest BCUT2D eigenvalue weighted by Gasteiger charge is -2.12. The fourth-order valence-electron chi connectivity index (χ4n) is 3.75. The number of aromatic amines is 1. The van der Waals surface area contributed by atoms with E-state index in [1.54, 1.807) is 0 Å². The van der Waals surface area contributed by atoms with E-state index >= 15 is 0 Å². The maximum Gasteiger partial charge on any atom is 0.261 e. The zero-order valence-corrected chi connectivity index (χ0v) is 14.2. The van der Waals surface area contributed by atoms with E-state index in [0.717, 1.165) is 19.3 Å². The van der Waals surface area contributed by atoms with E-state index in [0.29, 0.717) is 23.4 Å². The van der Waals surface area contributed by atoms with E-state index in [1.165, 1.54) is 35.4 Å². The van der Waals surface area contributed by atoms with Crippen LogP contribution in [-0.2, 0) is 6.42 Å². The van der Waals surface area contributed by atoms with Crippen molar-refractivity contribution in [3.8, 4) is 0 Å². The minimum Gasteiger partial charge on any atom is -0.352 e. The van der Waals surface area contributed by atoms with Crippen LogP contribution in [0.2, 0.25) is 0 Å². The molecule has 1 aliphatic rings. The summed E-state index contributed by atoms with van der Waals surface area (Å²) in [7, 11) is 0. The number of pyridine rings is 1. The van der Waals surface area contributed by atoms with Crippen LogP contribution in [0.15, 0.2) is 53.3 Å². The van der Waals surface area contributed by atoms with E-state index in [9.17, 15) is 14.0 Å². The van der Waals surface area contributed by atoms with Crippen LogP contribution in [0, 0.1) is 5.82 Å². The van der Waals surface area contributed by atoms with Gasteiger partial charge >= 0.3 is 0 Å². The molecule has 3 aromatic rings. The van der Waals surface area contributed by atoms with Crippen LogP contribution in [-0.4, -0.2) is 17.4 Å². The number of fused-ring (bicyclic) bond motifs is 2. The molecular formula is C21H19FN2O2. The molecule has 4 rings (SSSR count). The van der Waals surface area contributed by atoms with Gasteiger partial charge in [0.05, 0.1) is 0 Å². The molecule has 0 saturated heterocycles. The first-order valence-electron chi connectivity index (χ1n) is 8.80. The number of carbonyl (C=O) groups excluding carboxylic acids is 1. The van der Waals surface area contributed by atoms with Gasteiger partial charge in [-0.15, -0.1) is 0 Å². The third-order valence-corrected chi connectivity index (χ3v) is 5.09. The maximum absolute atomic E-state index is 13.4. The third kappa shape index (κ3) is 3.12. The Bertz CT molecular complexity index is 1040. The SMILES string of the molecule is O=C(NCCC1CCc2ccccc21)c1cc2cc(F)ccc2[nH]c1=O. The molecule has 5 heteroatoms. The second-order valence-corrected chi connectivity index (χ2v) is 6.72. The van der Waals surface area contributed by atoms with E-state index in [1.807, 2.05) is 6.07 Å². The highest BCUT2D eigenvalue weighted by Gasteiger charge is 2.21. The van der Waals surface area contributed by atoms with Crippen LogP contribution in [0.25, 0.3) is 10.9 Å². The number of H-pyrrole nitrogens is 1. The molecule has 0 radical (unpaired) electrons. The van der Waals surface area contributed by atoms with Crippen molar-refractivity contribution in [2.75, 3.05) is 6.54 Å². The van der Waals surface area contributed by atoms with Gasteiger partial charge < -0.3 is 10.3 Å². The number of aryl methyl sites for hydroxylation is 1. The molecular weight excluding hydrogens is 331 g/mol. The van der Waals surface area contributed by atoms with Gasteiger partial charge in [0.25, 0.3) is 11.5 Å². The molecule has 0 saturated carbocycles. The zero-order valence-electron chi connectivity index (χ0n) is 14.2. The number of halogens is 1. The summed E-state index contributed by atoms with van der Waals surface area (Å²) in [5.74, 6) is -0.394. The number of hydrogen-bond acceptors (Lipinski definition) is 2. The molecule has 1 heterocycles. The molecule has 2 N–H and O–H groups in total. The second kappa shape index (κ2) is 6.75. The van der Waals surface area contributed by atoms with Crippen molar-refractivity contribution in [3.63, 3.8) is 0 Å². The first-order valence-corrected chi connectivity index (χ1v) is 8.80. The number of hydrogen-bond donors (Lipinski definition) is 2. The maximum atomic E-state index is 13.4. The highest BCUT2D eigenvalue weighted by atomic mass is 19.1. The Balaban J connectivity index is 1.45. The van der Waals surface area contributed by atoms with Crippen LogP contribution in [0.4, 0.5) is 4.39 Å². The van der Waals surface area contributed by atoms with Crippen LogP contribution >= 0.6 is 0 Å². The van der Waals surface area contributed by atoms with Crippen LogP contribution in [0.1, 0.15) is 40.2 Å². The minimum atomic E-state index is -0.465. The molecule has 1 unspecified atom stereocenters. The van der Waals surface area contributed by atoms with Crippen LogP contribution < -0.4 is 10.9 Å². The van der Waals surface area contributed by atoms with Crippen molar-refractivity contribution < 1.29 is 9.18 Å². The first-order chi connectivity index (χ1) is 12.6. The van der Waals surface area contributed by atoms with Crippen molar-refractivity contribution in [1.82, 2.24) is 10.3 Å². The molecule has 0 aliphatic heterocycles. The van der Waals surface area contributed by atoms with Crippen LogP contribution in [0.5, 0.6) is 0 Å². The van der Waals surface area contributed by atoms with Gasteiger partial charge in [-0.2, -0.15) is 0 Å². The van der Waals surface area contributed by atoms with Gasteiger partial charge in [0.1, 0.15) is 11.4 Å². The number of rotatable bonds is 4. The Hall–Kier alpha value is -2.95. The monoisotopic (exact) mass is 350 g/mol. The lowest BCUT2D eigenvalue weighted by atomic mass is 9.98. The quantitative estimate of drug-likeness (QED) is 0.756. The Morgan fingerprint density at radius 2 is 2.04 bits per heavy atom. The molecule has 26 heavy (non-hydrogen) atoms. The van der Waals surface area contributed by atoms with E-state index in [-0.39, 0.29) is 5.56 Å². The van der Waals surface area contributed by atoms with Crippen molar-refractivity contribution in [3.05, 3.63) is 81.4 Å². The smallest absolute Gasteiger partial charge is 0.261 e. The van der Waals surface area contributed by atoms with E-state index < -0.39 is 17.3 Å². The number of aromatic nitrogens is 1. The molecule has 1 aliphatic carbocycles. The lowest BCUT2D eigenvalue weighted by molar-refractivity contribution is 0.0951. The van der Waals surface area contributed by atoms with E-state index in [4.69, 9.17) is 0 Å². The summed E-state index contributed by atoms with van der Waals surface area (Å²) >= 11 is 0. The van der Waals surface area contributed by atoms with Gasteiger partial charge in [0, 0.05) is 17.4 Å². The molecule has 0 fully saturated rings. The van der Waals surface area contributed by atoms with E-state index in [2.05, 4.69) is 28.5 Å². The molecule has 1 atom stereocenters. The molecule has 0 spiro atoms. The highest BCUT2D eigenvalue weighted by Crippen LogP contribution is 2.34. The van der Waals surface area contributed by atoms with Gasteiger partial charge in [-0.25, -0.2) is 4.39 Å². The van der Waals surface area contributed by atoms with Crippen LogP contribution in [0.3, 0.4) is 0 Å². The Labute approximate surface area is 150 Å². The fraction of sp³-hybridized carbons (Fsp3) is 0.238. The van der Waals surface area contributed by atoms with Crippen molar-refractivity contribution in [1.29, 1.82) is 0 Å². The van der Waals surface area contributed by atoms with Gasteiger partial charge in [-0.1, -0.05) is 24.3 Å². The normalized spacial score (nSPS) is 15.8. The second-order valence-electron chi connectivity index (χ2n) is 6.72. The Kier molecular flexibility index (Phi) is 4.29. The number of carbonyl (C=O) groups is 1. The summed E-state index contributed by atoms with van der Waals surface area (Å²) in [6, 6.07) is 13.9. The third-order valence-electron chi connectivity index (χ3n) is 5.09. The summed E-state index contributed by atoms with van der Waals surface area (Å²) in [5, 5.41) is 3.32. The summed E-state index contributed by atoms with van der Waals surface area (Å²) in [6.07, 6.45) is 3.00. The average molecular weight is 350 g/mol. The fourth-order valence-corrected chi connectivity index (χ4v) is 3.75. The van der Waals surface area contributed by atoms with Gasteiger partial charge in [-0.05, 0) is 60.6 Å². The molecule has 1 amide bonds.